The van der Waals surface area contributed by atoms with Gasteiger partial charge in [-0.3, -0.25) is 9.59 Å². The van der Waals surface area contributed by atoms with Gasteiger partial charge in [0.25, 0.3) is 0 Å². The first-order chi connectivity index (χ1) is 11.6. The van der Waals surface area contributed by atoms with Gasteiger partial charge in [0.15, 0.2) is 5.16 Å². The summed E-state index contributed by atoms with van der Waals surface area (Å²) in [4.78, 5) is 23.2. The van der Waals surface area contributed by atoms with Crippen molar-refractivity contribution in [3.05, 3.63) is 5.82 Å². The number of nitrogens with zero attached hydrogens (tertiary/aromatic N) is 3. The van der Waals surface area contributed by atoms with E-state index in [2.05, 4.69) is 15.5 Å². The Balaban J connectivity index is 1.55. The van der Waals surface area contributed by atoms with Gasteiger partial charge < -0.3 is 15.6 Å². The molecule has 1 heterocycles. The maximum atomic E-state index is 12.2. The van der Waals surface area contributed by atoms with Crippen LogP contribution in [-0.2, 0) is 16.1 Å². The van der Waals surface area contributed by atoms with Crippen LogP contribution in [0, 0.1) is 0 Å². The lowest BCUT2D eigenvalue weighted by molar-refractivity contribution is -0.119. The number of nitrogens with one attached hydrogen (secondary N) is 1. The minimum Gasteiger partial charge on any atom is -0.370 e. The van der Waals surface area contributed by atoms with Crippen molar-refractivity contribution in [2.45, 2.75) is 75.0 Å². The van der Waals surface area contributed by atoms with E-state index < -0.39 is 0 Å². The monoisotopic (exact) mass is 351 g/mol. The van der Waals surface area contributed by atoms with Crippen molar-refractivity contribution >= 4 is 23.6 Å². The Morgan fingerprint density at radius 1 is 1.17 bits per heavy atom. The van der Waals surface area contributed by atoms with Gasteiger partial charge in [-0.05, 0) is 25.7 Å². The summed E-state index contributed by atoms with van der Waals surface area (Å²) in [6, 6.07) is 0.321. The molecule has 132 valence electrons. The van der Waals surface area contributed by atoms with Crippen LogP contribution in [0.1, 0.15) is 63.1 Å². The van der Waals surface area contributed by atoms with E-state index in [1.54, 1.807) is 0 Å². The third kappa shape index (κ3) is 4.72. The minimum absolute atomic E-state index is 0.0457. The molecule has 2 aliphatic carbocycles. The standard InChI is InChI=1S/C16H25N5O2S/c17-13(22)8-9-21-15(11-6-7-11)19-20-16(21)24-10-14(23)18-12-4-2-1-3-5-12/h11-12H,1-10H2,(H2,17,22)(H,18,23). The number of nitrogens with two attached hydrogens (primary N) is 1. The van der Waals surface area contributed by atoms with Gasteiger partial charge in [-0.2, -0.15) is 0 Å². The summed E-state index contributed by atoms with van der Waals surface area (Å²) >= 11 is 1.39. The highest BCUT2D eigenvalue weighted by Crippen LogP contribution is 2.40. The molecule has 1 aromatic heterocycles. The van der Waals surface area contributed by atoms with Crippen LogP contribution in [-0.4, -0.2) is 38.4 Å². The van der Waals surface area contributed by atoms with Crippen molar-refractivity contribution in [1.29, 1.82) is 0 Å². The number of amides is 2. The third-order valence-corrected chi connectivity index (χ3v) is 5.54. The zero-order chi connectivity index (χ0) is 16.9. The summed E-state index contributed by atoms with van der Waals surface area (Å²) in [5.41, 5.74) is 5.26. The Bertz CT molecular complexity index is 593. The molecule has 3 rings (SSSR count). The van der Waals surface area contributed by atoms with Gasteiger partial charge in [-0.25, -0.2) is 0 Å². The number of primary amides is 1. The van der Waals surface area contributed by atoms with E-state index in [0.717, 1.165) is 31.5 Å². The van der Waals surface area contributed by atoms with Gasteiger partial charge in [0, 0.05) is 24.9 Å². The van der Waals surface area contributed by atoms with Gasteiger partial charge in [0.2, 0.25) is 11.8 Å². The lowest BCUT2D eigenvalue weighted by Crippen LogP contribution is -2.37. The van der Waals surface area contributed by atoms with E-state index in [4.69, 9.17) is 5.73 Å². The smallest absolute Gasteiger partial charge is 0.230 e. The molecule has 0 aromatic carbocycles. The van der Waals surface area contributed by atoms with Gasteiger partial charge in [-0.15, -0.1) is 10.2 Å². The van der Waals surface area contributed by atoms with Crippen molar-refractivity contribution in [2.24, 2.45) is 5.73 Å². The molecule has 0 atom stereocenters. The second-order valence-electron chi connectivity index (χ2n) is 6.67. The number of aromatic nitrogens is 3. The average Bonchev–Trinajstić information content (AvgIpc) is 3.33. The van der Waals surface area contributed by atoms with Crippen LogP contribution >= 0.6 is 11.8 Å². The largest absolute Gasteiger partial charge is 0.370 e. The molecular formula is C16H25N5O2S. The fraction of sp³-hybridized carbons (Fsp3) is 0.750. The van der Waals surface area contributed by atoms with Crippen LogP contribution in [0.5, 0.6) is 0 Å². The van der Waals surface area contributed by atoms with E-state index in [0.29, 0.717) is 29.4 Å². The molecule has 2 saturated carbocycles. The first kappa shape index (κ1) is 17.3. The van der Waals surface area contributed by atoms with Crippen LogP contribution < -0.4 is 11.1 Å². The van der Waals surface area contributed by atoms with Gasteiger partial charge in [0.05, 0.1) is 5.75 Å². The predicted octanol–water partition coefficient (Wildman–Crippen LogP) is 1.57. The van der Waals surface area contributed by atoms with Crippen molar-refractivity contribution < 1.29 is 9.59 Å². The molecule has 2 aliphatic rings. The summed E-state index contributed by atoms with van der Waals surface area (Å²) in [5.74, 6) is 1.40. The zero-order valence-electron chi connectivity index (χ0n) is 13.9. The maximum absolute atomic E-state index is 12.2. The Kier molecular flexibility index (Phi) is 5.76. The molecule has 0 spiro atoms. The summed E-state index contributed by atoms with van der Waals surface area (Å²) in [5, 5.41) is 12.3. The van der Waals surface area contributed by atoms with E-state index in [1.165, 1.54) is 31.0 Å². The molecule has 7 nitrogen and oxygen atoms in total. The Morgan fingerprint density at radius 2 is 1.92 bits per heavy atom. The van der Waals surface area contributed by atoms with Gasteiger partial charge in [0.1, 0.15) is 5.82 Å². The molecule has 3 N–H and O–H groups in total. The third-order valence-electron chi connectivity index (χ3n) is 4.57. The number of thioether (sulfide) groups is 1. The zero-order valence-corrected chi connectivity index (χ0v) is 14.7. The molecule has 1 aromatic rings. The molecule has 0 saturated heterocycles. The number of carbonyl (C=O) groups is 2. The Labute approximate surface area is 146 Å². The van der Waals surface area contributed by atoms with E-state index in [9.17, 15) is 9.59 Å². The van der Waals surface area contributed by atoms with Crippen LogP contribution in [0.25, 0.3) is 0 Å². The van der Waals surface area contributed by atoms with Gasteiger partial charge >= 0.3 is 0 Å². The molecule has 0 bridgehead atoms. The van der Waals surface area contributed by atoms with Crippen LogP contribution in [0.3, 0.4) is 0 Å². The fourth-order valence-electron chi connectivity index (χ4n) is 3.13. The Hall–Kier alpha value is -1.57. The molecule has 8 heteroatoms. The average molecular weight is 351 g/mol. The lowest BCUT2D eigenvalue weighted by atomic mass is 9.95. The highest BCUT2D eigenvalue weighted by molar-refractivity contribution is 7.99. The molecule has 2 fully saturated rings. The van der Waals surface area contributed by atoms with Crippen LogP contribution in [0.15, 0.2) is 5.16 Å². The lowest BCUT2D eigenvalue weighted by Gasteiger charge is -2.22. The van der Waals surface area contributed by atoms with Crippen molar-refractivity contribution in [3.8, 4) is 0 Å². The fourth-order valence-corrected chi connectivity index (χ4v) is 3.91. The van der Waals surface area contributed by atoms with Crippen LogP contribution in [0.2, 0.25) is 0 Å². The van der Waals surface area contributed by atoms with Crippen molar-refractivity contribution in [2.75, 3.05) is 5.75 Å². The Morgan fingerprint density at radius 3 is 2.58 bits per heavy atom. The minimum atomic E-state index is -0.337. The topological polar surface area (TPSA) is 103 Å². The summed E-state index contributed by atoms with van der Waals surface area (Å²) in [6.07, 6.45) is 8.32. The molecular weight excluding hydrogens is 326 g/mol. The highest BCUT2D eigenvalue weighted by Gasteiger charge is 2.30. The predicted molar refractivity (Wildman–Crippen MR) is 91.5 cm³/mol. The second kappa shape index (κ2) is 8.00. The summed E-state index contributed by atoms with van der Waals surface area (Å²) in [6.45, 7) is 0.487. The first-order valence-electron chi connectivity index (χ1n) is 8.77. The first-order valence-corrected chi connectivity index (χ1v) is 9.75. The van der Waals surface area contributed by atoms with E-state index in [1.807, 2.05) is 4.57 Å². The molecule has 0 radical (unpaired) electrons. The maximum Gasteiger partial charge on any atom is 0.230 e. The number of hydrogen-bond acceptors (Lipinski definition) is 5. The number of hydrogen-bond donors (Lipinski definition) is 2. The second-order valence-corrected chi connectivity index (χ2v) is 7.62. The van der Waals surface area contributed by atoms with Crippen LogP contribution in [0.4, 0.5) is 0 Å². The number of carbonyl (C=O) groups excluding carboxylic acids is 2. The van der Waals surface area contributed by atoms with Crippen molar-refractivity contribution in [3.63, 3.8) is 0 Å². The summed E-state index contributed by atoms with van der Waals surface area (Å²) in [7, 11) is 0. The highest BCUT2D eigenvalue weighted by atomic mass is 32.2. The van der Waals surface area contributed by atoms with Crippen molar-refractivity contribution in [1.82, 2.24) is 20.1 Å². The summed E-state index contributed by atoms with van der Waals surface area (Å²) < 4.78 is 1.96. The molecule has 0 unspecified atom stereocenters. The van der Waals surface area contributed by atoms with E-state index in [-0.39, 0.29) is 18.2 Å². The SMILES string of the molecule is NC(=O)CCn1c(SCC(=O)NC2CCCCC2)nnc1C1CC1. The quantitative estimate of drug-likeness (QED) is 0.692. The molecule has 24 heavy (non-hydrogen) atoms. The normalized spacial score (nSPS) is 18.5. The van der Waals surface area contributed by atoms with Gasteiger partial charge in [-0.1, -0.05) is 31.0 Å². The van der Waals surface area contributed by atoms with E-state index >= 15 is 0 Å². The molecule has 2 amide bonds. The molecule has 0 aliphatic heterocycles. The number of rotatable bonds is 8.